The molecule has 2 N–H and O–H groups in total. The summed E-state index contributed by atoms with van der Waals surface area (Å²) in [6.45, 7) is 1.87. The first-order valence-electron chi connectivity index (χ1n) is 7.80. The minimum absolute atomic E-state index is 0.144. The average molecular weight is 356 g/mol. The minimum Gasteiger partial charge on any atom is -0.457 e. The summed E-state index contributed by atoms with van der Waals surface area (Å²) in [5.74, 6) is -0.928. The second-order valence-electron chi connectivity index (χ2n) is 5.65. The number of carbonyl (C=O) groups excluding carboxylic acids is 1. The summed E-state index contributed by atoms with van der Waals surface area (Å²) >= 11 is 5.15. The van der Waals surface area contributed by atoms with Crippen molar-refractivity contribution in [2.45, 2.75) is 19.6 Å². The number of carbonyl (C=O) groups is 1. The number of benzene rings is 2. The van der Waals surface area contributed by atoms with Crippen molar-refractivity contribution in [3.63, 3.8) is 0 Å². The number of hydrogen-bond donors (Lipinski definition) is 2. The number of halogens is 1. The lowest BCUT2D eigenvalue weighted by atomic mass is 9.95. The molecule has 4 nitrogen and oxygen atoms in total. The lowest BCUT2D eigenvalue weighted by Gasteiger charge is -2.30. The molecule has 1 aliphatic heterocycles. The maximum atomic E-state index is 14.2. The van der Waals surface area contributed by atoms with Gasteiger partial charge in [-0.1, -0.05) is 48.5 Å². The zero-order chi connectivity index (χ0) is 17.8. The number of nitrogens with one attached hydrogen (secondary N) is 2. The van der Waals surface area contributed by atoms with Crippen LogP contribution in [-0.4, -0.2) is 11.1 Å². The van der Waals surface area contributed by atoms with E-state index in [9.17, 15) is 9.18 Å². The summed E-state index contributed by atoms with van der Waals surface area (Å²) in [5.41, 5.74) is 2.09. The fourth-order valence-corrected chi connectivity index (χ4v) is 2.98. The van der Waals surface area contributed by atoms with E-state index in [1.165, 1.54) is 6.07 Å². The predicted octanol–water partition coefficient (Wildman–Crippen LogP) is 3.36. The van der Waals surface area contributed by atoms with E-state index in [1.54, 1.807) is 25.1 Å². The van der Waals surface area contributed by atoms with Crippen molar-refractivity contribution in [3.05, 3.63) is 82.8 Å². The van der Waals surface area contributed by atoms with Crippen LogP contribution in [0.3, 0.4) is 0 Å². The van der Waals surface area contributed by atoms with Gasteiger partial charge in [0.2, 0.25) is 0 Å². The highest BCUT2D eigenvalue weighted by molar-refractivity contribution is 7.80. The second-order valence-corrected chi connectivity index (χ2v) is 6.06. The average Bonchev–Trinajstić information content (AvgIpc) is 2.60. The van der Waals surface area contributed by atoms with E-state index in [0.717, 1.165) is 5.56 Å². The van der Waals surface area contributed by atoms with Crippen LogP contribution in [0.15, 0.2) is 65.9 Å². The van der Waals surface area contributed by atoms with Gasteiger partial charge >= 0.3 is 5.97 Å². The molecule has 3 rings (SSSR count). The second kappa shape index (κ2) is 7.44. The molecule has 0 fully saturated rings. The first-order chi connectivity index (χ1) is 12.1. The lowest BCUT2D eigenvalue weighted by molar-refractivity contribution is -0.140. The normalized spacial score (nSPS) is 16.9. The van der Waals surface area contributed by atoms with Crippen LogP contribution in [0.25, 0.3) is 0 Å². The van der Waals surface area contributed by atoms with Gasteiger partial charge in [-0.25, -0.2) is 9.18 Å². The number of ether oxygens (including phenoxy) is 1. The highest BCUT2D eigenvalue weighted by Gasteiger charge is 2.32. The summed E-state index contributed by atoms with van der Waals surface area (Å²) in [4.78, 5) is 12.7. The van der Waals surface area contributed by atoms with E-state index in [-0.39, 0.29) is 6.61 Å². The molecule has 25 heavy (non-hydrogen) atoms. The van der Waals surface area contributed by atoms with Crippen LogP contribution < -0.4 is 10.6 Å². The quantitative estimate of drug-likeness (QED) is 0.650. The third-order valence-corrected chi connectivity index (χ3v) is 4.14. The van der Waals surface area contributed by atoms with Crippen molar-refractivity contribution in [2.24, 2.45) is 0 Å². The van der Waals surface area contributed by atoms with Crippen molar-refractivity contribution in [1.82, 2.24) is 10.6 Å². The maximum Gasteiger partial charge on any atom is 0.338 e. The molecule has 0 saturated carbocycles. The van der Waals surface area contributed by atoms with Crippen LogP contribution in [0.1, 0.15) is 24.1 Å². The van der Waals surface area contributed by atoms with Crippen molar-refractivity contribution in [2.75, 3.05) is 0 Å². The number of rotatable bonds is 4. The van der Waals surface area contributed by atoms with E-state index in [1.807, 2.05) is 30.3 Å². The smallest absolute Gasteiger partial charge is 0.338 e. The largest absolute Gasteiger partial charge is 0.457 e. The molecule has 6 heteroatoms. The Balaban J connectivity index is 1.87. The monoisotopic (exact) mass is 356 g/mol. The molecular weight excluding hydrogens is 339 g/mol. The van der Waals surface area contributed by atoms with Gasteiger partial charge in [0.05, 0.1) is 11.6 Å². The Morgan fingerprint density at radius 1 is 1.16 bits per heavy atom. The van der Waals surface area contributed by atoms with Crippen LogP contribution in [0.4, 0.5) is 4.39 Å². The molecule has 0 amide bonds. The molecule has 0 spiro atoms. The van der Waals surface area contributed by atoms with Crippen LogP contribution in [0.5, 0.6) is 0 Å². The Morgan fingerprint density at radius 3 is 2.56 bits per heavy atom. The number of allylic oxidation sites excluding steroid dienone is 1. The van der Waals surface area contributed by atoms with Crippen molar-refractivity contribution >= 4 is 23.3 Å². The molecule has 1 atom stereocenters. The Hall–Kier alpha value is -2.73. The Labute approximate surface area is 150 Å². The molecular formula is C19H17FN2O2S. The van der Waals surface area contributed by atoms with Crippen LogP contribution in [-0.2, 0) is 16.1 Å². The van der Waals surface area contributed by atoms with Gasteiger partial charge in [0.25, 0.3) is 0 Å². The van der Waals surface area contributed by atoms with Gasteiger partial charge in [0.15, 0.2) is 5.11 Å². The summed E-state index contributed by atoms with van der Waals surface area (Å²) < 4.78 is 19.7. The zero-order valence-corrected chi connectivity index (χ0v) is 14.4. The molecule has 0 aliphatic carbocycles. The maximum absolute atomic E-state index is 14.2. The molecule has 1 heterocycles. The molecule has 0 bridgehead atoms. The van der Waals surface area contributed by atoms with E-state index in [0.29, 0.717) is 21.9 Å². The van der Waals surface area contributed by atoms with E-state index in [2.05, 4.69) is 10.6 Å². The van der Waals surface area contributed by atoms with Gasteiger partial charge < -0.3 is 15.4 Å². The van der Waals surface area contributed by atoms with E-state index in [4.69, 9.17) is 17.0 Å². The third kappa shape index (κ3) is 3.85. The molecule has 0 unspecified atom stereocenters. The fourth-order valence-electron chi connectivity index (χ4n) is 2.71. The fraction of sp³-hybridized carbons (Fsp3) is 0.158. The molecule has 0 radical (unpaired) electrons. The van der Waals surface area contributed by atoms with Gasteiger partial charge in [-0.05, 0) is 30.8 Å². The van der Waals surface area contributed by atoms with Gasteiger partial charge in [0, 0.05) is 11.3 Å². The highest BCUT2D eigenvalue weighted by Crippen LogP contribution is 2.29. The Kier molecular flexibility index (Phi) is 5.09. The molecule has 0 aromatic heterocycles. The summed E-state index contributed by atoms with van der Waals surface area (Å²) in [5, 5.41) is 6.20. The van der Waals surface area contributed by atoms with Gasteiger partial charge in [0.1, 0.15) is 12.4 Å². The topological polar surface area (TPSA) is 50.4 Å². The highest BCUT2D eigenvalue weighted by atomic mass is 32.1. The van der Waals surface area contributed by atoms with Gasteiger partial charge in [-0.15, -0.1) is 0 Å². The van der Waals surface area contributed by atoms with Crippen LogP contribution in [0.2, 0.25) is 0 Å². The number of esters is 1. The van der Waals surface area contributed by atoms with Crippen LogP contribution >= 0.6 is 12.2 Å². The van der Waals surface area contributed by atoms with Crippen molar-refractivity contribution in [3.8, 4) is 0 Å². The van der Waals surface area contributed by atoms with Gasteiger partial charge in [-0.3, -0.25) is 0 Å². The molecule has 2 aromatic carbocycles. The Bertz CT molecular complexity index is 836. The first kappa shape index (κ1) is 17.1. The first-order valence-corrected chi connectivity index (χ1v) is 8.21. The predicted molar refractivity (Wildman–Crippen MR) is 96.9 cm³/mol. The molecule has 0 saturated heterocycles. The standard InChI is InChI=1S/C19H17FN2O2S/c1-12-16(18(23)24-11-13-7-3-2-4-8-13)17(22-19(25)21-12)14-9-5-6-10-15(14)20/h2-10,17H,11H2,1H3,(H2,21,22,25)/t17-/m0/s1. The summed E-state index contributed by atoms with van der Waals surface area (Å²) in [6.07, 6.45) is 0. The summed E-state index contributed by atoms with van der Waals surface area (Å²) in [6, 6.07) is 15.0. The zero-order valence-electron chi connectivity index (χ0n) is 13.6. The van der Waals surface area contributed by atoms with Crippen molar-refractivity contribution < 1.29 is 13.9 Å². The lowest BCUT2D eigenvalue weighted by Crippen LogP contribution is -2.45. The number of hydrogen-bond acceptors (Lipinski definition) is 3. The van der Waals surface area contributed by atoms with Gasteiger partial charge in [-0.2, -0.15) is 0 Å². The molecule has 128 valence electrons. The third-order valence-electron chi connectivity index (χ3n) is 3.92. The van der Waals surface area contributed by atoms with Crippen LogP contribution in [0, 0.1) is 5.82 Å². The number of thiocarbonyl (C=S) groups is 1. The molecule has 1 aliphatic rings. The van der Waals surface area contributed by atoms with Crippen molar-refractivity contribution in [1.29, 1.82) is 0 Å². The Morgan fingerprint density at radius 2 is 1.84 bits per heavy atom. The van der Waals surface area contributed by atoms with E-state index < -0.39 is 17.8 Å². The minimum atomic E-state index is -0.696. The summed E-state index contributed by atoms with van der Waals surface area (Å²) in [7, 11) is 0. The SMILES string of the molecule is CC1=C(C(=O)OCc2ccccc2)[C@H](c2ccccc2F)NC(=S)N1. The molecule has 2 aromatic rings. The van der Waals surface area contributed by atoms with E-state index >= 15 is 0 Å².